The Bertz CT molecular complexity index is 1510. The molecule has 10 nitrogen and oxygen atoms in total. The van der Waals surface area contributed by atoms with Gasteiger partial charge in [0.15, 0.2) is 5.58 Å². The fourth-order valence-electron chi connectivity index (χ4n) is 4.46. The lowest BCUT2D eigenvalue weighted by molar-refractivity contribution is -0.128. The number of aromatic nitrogens is 1. The third-order valence-electron chi connectivity index (χ3n) is 6.70. The molecule has 1 aromatic heterocycles. The number of nitrogens with zero attached hydrogens (tertiary/aromatic N) is 3. The minimum Gasteiger partial charge on any atom is -0.399 e. The Kier molecular flexibility index (Phi) is 8.18. The van der Waals surface area contributed by atoms with E-state index in [0.29, 0.717) is 33.9 Å². The highest BCUT2D eigenvalue weighted by Crippen LogP contribution is 2.35. The van der Waals surface area contributed by atoms with Gasteiger partial charge in [0.25, 0.3) is 11.8 Å². The highest BCUT2D eigenvalue weighted by Gasteiger charge is 2.38. The molecule has 0 bridgehead atoms. The van der Waals surface area contributed by atoms with Crippen LogP contribution in [0.1, 0.15) is 23.0 Å². The predicted molar refractivity (Wildman–Crippen MR) is 152 cm³/mol. The van der Waals surface area contributed by atoms with Gasteiger partial charge in [0.2, 0.25) is 5.91 Å². The van der Waals surface area contributed by atoms with Crippen molar-refractivity contribution in [2.75, 3.05) is 29.1 Å². The van der Waals surface area contributed by atoms with E-state index < -0.39 is 12.1 Å². The molecule has 4 aromatic rings. The van der Waals surface area contributed by atoms with Crippen molar-refractivity contribution >= 4 is 58.2 Å². The number of anilines is 3. The Morgan fingerprint density at radius 1 is 1.05 bits per heavy atom. The zero-order chi connectivity index (χ0) is 26.8. The number of halogens is 1. The topological polar surface area (TPSA) is 134 Å². The third-order valence-corrected chi connectivity index (χ3v) is 6.70. The van der Waals surface area contributed by atoms with Crippen LogP contribution >= 0.6 is 12.4 Å². The molecular weight excluding hydrogens is 520 g/mol. The monoisotopic (exact) mass is 548 g/mol. The van der Waals surface area contributed by atoms with Crippen LogP contribution in [0.3, 0.4) is 0 Å². The molecule has 3 amide bonds. The van der Waals surface area contributed by atoms with Gasteiger partial charge in [-0.25, -0.2) is 0 Å². The summed E-state index contributed by atoms with van der Waals surface area (Å²) in [5.74, 6) is -1.04. The number of nitrogen functional groups attached to an aromatic ring is 1. The molecule has 11 heteroatoms. The van der Waals surface area contributed by atoms with E-state index in [1.54, 1.807) is 73.5 Å². The van der Waals surface area contributed by atoms with E-state index >= 15 is 0 Å². The van der Waals surface area contributed by atoms with E-state index in [4.69, 9.17) is 10.3 Å². The maximum atomic E-state index is 14.0. The number of hydrogen-bond donors (Lipinski definition) is 3. The number of carbonyl (C=O) groups excluding carboxylic acids is 3. The van der Waals surface area contributed by atoms with Gasteiger partial charge in [-0.15, -0.1) is 12.4 Å². The van der Waals surface area contributed by atoms with Crippen LogP contribution in [-0.4, -0.2) is 48.6 Å². The molecule has 0 saturated carbocycles. The average molecular weight is 549 g/mol. The van der Waals surface area contributed by atoms with Crippen LogP contribution in [0.25, 0.3) is 11.0 Å². The molecule has 0 radical (unpaired) electrons. The highest BCUT2D eigenvalue weighted by atomic mass is 35.5. The second-order valence-electron chi connectivity index (χ2n) is 9.15. The van der Waals surface area contributed by atoms with Crippen LogP contribution in [0.15, 0.2) is 77.3 Å². The Morgan fingerprint density at radius 2 is 1.72 bits per heavy atom. The summed E-state index contributed by atoms with van der Waals surface area (Å²) in [4.78, 5) is 43.7. The molecule has 1 aliphatic heterocycles. The van der Waals surface area contributed by atoms with Crippen LogP contribution in [0.4, 0.5) is 17.1 Å². The third kappa shape index (κ3) is 5.43. The molecule has 4 N–H and O–H groups in total. The summed E-state index contributed by atoms with van der Waals surface area (Å²) in [7, 11) is 1.66. The summed E-state index contributed by atoms with van der Waals surface area (Å²) in [5, 5.41) is 10.7. The molecule has 202 valence electrons. The first-order chi connectivity index (χ1) is 18.4. The van der Waals surface area contributed by atoms with Gasteiger partial charge in [0.05, 0.1) is 30.5 Å². The van der Waals surface area contributed by atoms with Crippen molar-refractivity contribution in [3.8, 4) is 0 Å². The largest absolute Gasteiger partial charge is 0.399 e. The van der Waals surface area contributed by atoms with Crippen molar-refractivity contribution in [3.05, 3.63) is 84.1 Å². The fourth-order valence-corrected chi connectivity index (χ4v) is 4.46. The van der Waals surface area contributed by atoms with Gasteiger partial charge in [-0.2, -0.15) is 0 Å². The summed E-state index contributed by atoms with van der Waals surface area (Å²) in [6.45, 7) is 1.73. The van der Waals surface area contributed by atoms with Gasteiger partial charge < -0.3 is 30.7 Å². The Hall–Kier alpha value is -4.41. The molecule has 2 heterocycles. The Balaban J connectivity index is 0.00000353. The zero-order valence-corrected chi connectivity index (χ0v) is 22.3. The first-order valence-electron chi connectivity index (χ1n) is 12.3. The molecular formula is C28H29ClN6O4. The molecule has 3 aromatic carbocycles. The second-order valence-corrected chi connectivity index (χ2v) is 9.15. The number of rotatable bonds is 6. The van der Waals surface area contributed by atoms with Crippen LogP contribution in [0.2, 0.25) is 0 Å². The van der Waals surface area contributed by atoms with Crippen molar-refractivity contribution in [3.63, 3.8) is 0 Å². The lowest BCUT2D eigenvalue weighted by atomic mass is 10.1. The van der Waals surface area contributed by atoms with Crippen molar-refractivity contribution in [1.82, 2.24) is 15.8 Å². The van der Waals surface area contributed by atoms with E-state index in [1.807, 2.05) is 18.2 Å². The van der Waals surface area contributed by atoms with Crippen LogP contribution in [-0.2, 0) is 16.1 Å². The van der Waals surface area contributed by atoms with Crippen molar-refractivity contribution in [1.29, 1.82) is 0 Å². The quantitative estimate of drug-likeness (QED) is 0.315. The zero-order valence-electron chi connectivity index (χ0n) is 21.5. The molecule has 2 unspecified atom stereocenters. The summed E-state index contributed by atoms with van der Waals surface area (Å²) in [5.41, 5.74) is 8.99. The first kappa shape index (κ1) is 27.6. The number of amides is 3. The average Bonchev–Trinajstić information content (AvgIpc) is 3.31. The van der Waals surface area contributed by atoms with E-state index in [0.717, 1.165) is 5.39 Å². The maximum Gasteiger partial charge on any atom is 0.258 e. The van der Waals surface area contributed by atoms with Crippen LogP contribution in [0, 0.1) is 0 Å². The van der Waals surface area contributed by atoms with Crippen LogP contribution in [0.5, 0.6) is 0 Å². The minimum atomic E-state index is -1.01. The van der Waals surface area contributed by atoms with Gasteiger partial charge >= 0.3 is 0 Å². The molecule has 0 fully saturated rings. The van der Waals surface area contributed by atoms with Crippen molar-refractivity contribution < 1.29 is 18.9 Å². The summed E-state index contributed by atoms with van der Waals surface area (Å²) >= 11 is 0. The number of nitrogens with one attached hydrogen (secondary N) is 2. The predicted octanol–water partition coefficient (Wildman–Crippen LogP) is 3.12. The second kappa shape index (κ2) is 11.5. The number of carbonyl (C=O) groups is 3. The molecule has 39 heavy (non-hydrogen) atoms. The number of hydrogen-bond acceptors (Lipinski definition) is 7. The molecule has 0 aliphatic carbocycles. The first-order valence-corrected chi connectivity index (χ1v) is 12.3. The minimum absolute atomic E-state index is 0. The molecule has 1 aliphatic rings. The molecule has 5 rings (SSSR count). The summed E-state index contributed by atoms with van der Waals surface area (Å²) < 4.78 is 5.47. The van der Waals surface area contributed by atoms with E-state index in [1.165, 1.54) is 4.90 Å². The highest BCUT2D eigenvalue weighted by molar-refractivity contribution is 6.12. The number of fused-ring (bicyclic) bond motifs is 2. The van der Waals surface area contributed by atoms with Crippen molar-refractivity contribution in [2.45, 2.75) is 25.6 Å². The molecule has 2 atom stereocenters. The van der Waals surface area contributed by atoms with E-state index in [2.05, 4.69) is 15.8 Å². The lowest BCUT2D eigenvalue weighted by Gasteiger charge is -2.26. The summed E-state index contributed by atoms with van der Waals surface area (Å²) in [6.07, 6.45) is 0. The van der Waals surface area contributed by atoms with E-state index in [-0.39, 0.29) is 43.2 Å². The van der Waals surface area contributed by atoms with E-state index in [9.17, 15) is 14.4 Å². The van der Waals surface area contributed by atoms with Gasteiger partial charge in [-0.1, -0.05) is 29.4 Å². The normalized spacial score (nSPS) is 15.7. The Labute approximate surface area is 231 Å². The summed E-state index contributed by atoms with van der Waals surface area (Å²) in [6, 6.07) is 19.6. The maximum absolute atomic E-state index is 14.0. The van der Waals surface area contributed by atoms with Gasteiger partial charge in [0.1, 0.15) is 11.7 Å². The smallest absolute Gasteiger partial charge is 0.258 e. The SMILES string of the molecule is CNC(C)C(=O)NC1CN(C(=O)c2ccc(N)cc2)c2ccccc2N(Cc2noc3ccccc23)C1=O.Cl. The fraction of sp³-hybridized carbons (Fsp3) is 0.214. The number of benzene rings is 3. The van der Waals surface area contributed by atoms with Gasteiger partial charge in [-0.05, 0) is 62.5 Å². The standard InChI is InChI=1S/C28H28N6O4.ClH/c1-17(30-2)26(35)31-22-16-33(27(36)18-11-13-19(29)14-12-18)23-8-4-5-9-24(23)34(28(22)37)15-21-20-7-3-6-10-25(20)38-32-21;/h3-14,17,22,30H,15-16,29H2,1-2H3,(H,31,35);1H. The molecule has 0 spiro atoms. The number of nitrogens with two attached hydrogens (primary N) is 1. The van der Waals surface area contributed by atoms with Gasteiger partial charge in [-0.3, -0.25) is 14.4 Å². The van der Waals surface area contributed by atoms with Gasteiger partial charge in [0, 0.05) is 16.6 Å². The van der Waals surface area contributed by atoms with Crippen LogP contribution < -0.4 is 26.2 Å². The Morgan fingerprint density at radius 3 is 2.44 bits per heavy atom. The number of likely N-dealkylation sites (N-methyl/N-ethyl adjacent to an activating group) is 1. The van der Waals surface area contributed by atoms with Crippen molar-refractivity contribution in [2.24, 2.45) is 0 Å². The lowest BCUT2D eigenvalue weighted by Crippen LogP contribution is -2.55. The number of para-hydroxylation sites is 3. The molecule has 0 saturated heterocycles.